The number of nitro groups is 1. The van der Waals surface area contributed by atoms with Gasteiger partial charge in [0.05, 0.1) is 22.5 Å². The van der Waals surface area contributed by atoms with Crippen molar-refractivity contribution >= 4 is 28.8 Å². The molecular formula is C32H22N4O4. The van der Waals surface area contributed by atoms with Gasteiger partial charge in [-0.25, -0.2) is 5.43 Å². The van der Waals surface area contributed by atoms with Gasteiger partial charge in [-0.15, -0.1) is 0 Å². The Balaban J connectivity index is 1.45. The summed E-state index contributed by atoms with van der Waals surface area (Å²) >= 11 is 0. The topological polar surface area (TPSA) is 103 Å². The molecule has 0 saturated carbocycles. The van der Waals surface area contributed by atoms with Crippen LogP contribution >= 0.6 is 0 Å². The van der Waals surface area contributed by atoms with Gasteiger partial charge in [0.1, 0.15) is 5.58 Å². The average molecular weight is 527 g/mol. The number of hydrogen-bond acceptors (Lipinski definition) is 5. The zero-order valence-corrected chi connectivity index (χ0v) is 21.1. The number of hydrogen-bond donors (Lipinski definition) is 1. The number of non-ortho nitro benzene ring substituents is 1. The summed E-state index contributed by atoms with van der Waals surface area (Å²) < 4.78 is 7.69. The number of carbonyl (C=O) groups is 1. The first-order valence-corrected chi connectivity index (χ1v) is 12.5. The first-order valence-electron chi connectivity index (χ1n) is 12.5. The van der Waals surface area contributed by atoms with Crippen LogP contribution in [0.15, 0.2) is 131 Å². The molecule has 6 rings (SSSR count). The highest BCUT2D eigenvalue weighted by molar-refractivity contribution is 5.98. The van der Waals surface area contributed by atoms with Crippen LogP contribution in [0.25, 0.3) is 39.2 Å². The lowest BCUT2D eigenvalue weighted by atomic mass is 10.1. The number of para-hydroxylation sites is 1. The molecule has 194 valence electrons. The van der Waals surface area contributed by atoms with Crippen molar-refractivity contribution in [2.45, 2.75) is 0 Å². The van der Waals surface area contributed by atoms with Gasteiger partial charge in [-0.1, -0.05) is 78.9 Å². The molecule has 0 saturated heterocycles. The molecule has 0 aliphatic carbocycles. The molecule has 6 aromatic rings. The minimum Gasteiger partial charge on any atom is -0.451 e. The second kappa shape index (κ2) is 10.5. The minimum atomic E-state index is -0.466. The lowest BCUT2D eigenvalue weighted by molar-refractivity contribution is -0.384. The number of rotatable bonds is 7. The number of benzene rings is 4. The van der Waals surface area contributed by atoms with Crippen LogP contribution in [0, 0.1) is 10.1 Å². The number of aromatic nitrogens is 1. The third-order valence-electron chi connectivity index (χ3n) is 6.48. The minimum absolute atomic E-state index is 0.00788. The lowest BCUT2D eigenvalue weighted by Gasteiger charge is -2.15. The van der Waals surface area contributed by atoms with E-state index in [-0.39, 0.29) is 11.4 Å². The number of hydrazone groups is 1. The molecule has 2 aromatic heterocycles. The Bertz CT molecular complexity index is 1820. The SMILES string of the molecule is O=C(N/N=C\c1cc(-c2ccccc2)n(-c2ccc([N+](=O)[O-])cc2)c1-c1ccccc1)c1cc2ccccc2o1. The smallest absolute Gasteiger partial charge is 0.307 e. The molecule has 0 radical (unpaired) electrons. The zero-order valence-electron chi connectivity index (χ0n) is 21.1. The van der Waals surface area contributed by atoms with Crippen LogP contribution < -0.4 is 5.43 Å². The second-order valence-corrected chi connectivity index (χ2v) is 9.02. The van der Waals surface area contributed by atoms with E-state index in [2.05, 4.69) is 10.5 Å². The van der Waals surface area contributed by atoms with E-state index in [1.807, 2.05) is 89.5 Å². The maximum atomic E-state index is 12.8. The van der Waals surface area contributed by atoms with E-state index in [1.165, 1.54) is 12.1 Å². The van der Waals surface area contributed by atoms with Gasteiger partial charge in [-0.3, -0.25) is 14.9 Å². The molecule has 4 aromatic carbocycles. The first kappa shape index (κ1) is 24.6. The van der Waals surface area contributed by atoms with Gasteiger partial charge in [0, 0.05) is 28.8 Å². The quantitative estimate of drug-likeness (QED) is 0.135. The molecule has 1 N–H and O–H groups in total. The Morgan fingerprint density at radius 1 is 0.825 bits per heavy atom. The van der Waals surface area contributed by atoms with Gasteiger partial charge in [-0.2, -0.15) is 5.10 Å². The van der Waals surface area contributed by atoms with Gasteiger partial charge >= 0.3 is 5.91 Å². The molecule has 0 bridgehead atoms. The standard InChI is InChI=1S/C32H22N4O4/c37-32(30-20-24-13-7-8-14-29(24)40-30)34-33-21-25-19-28(22-9-3-1-4-10-22)35(31(25)23-11-5-2-6-12-23)26-15-17-27(18-16-26)36(38)39/h1-21H,(H,34,37)/b33-21-. The summed E-state index contributed by atoms with van der Waals surface area (Å²) in [5, 5.41) is 16.4. The van der Waals surface area contributed by atoms with Gasteiger partial charge in [0.2, 0.25) is 0 Å². The van der Waals surface area contributed by atoms with Crippen LogP contribution in [0.4, 0.5) is 5.69 Å². The Hall–Kier alpha value is -5.76. The van der Waals surface area contributed by atoms with Crippen molar-refractivity contribution in [2.75, 3.05) is 0 Å². The molecule has 1 amide bonds. The van der Waals surface area contributed by atoms with Crippen LogP contribution in [0.2, 0.25) is 0 Å². The van der Waals surface area contributed by atoms with Crippen molar-refractivity contribution < 1.29 is 14.1 Å². The molecule has 8 heteroatoms. The zero-order chi connectivity index (χ0) is 27.5. The maximum absolute atomic E-state index is 12.8. The average Bonchev–Trinajstić information content (AvgIpc) is 3.60. The number of furan rings is 1. The molecule has 0 aliphatic rings. The molecule has 8 nitrogen and oxygen atoms in total. The molecular weight excluding hydrogens is 504 g/mol. The number of nitrogens with zero attached hydrogens (tertiary/aromatic N) is 3. The third-order valence-corrected chi connectivity index (χ3v) is 6.48. The molecule has 0 aliphatic heterocycles. The lowest BCUT2D eigenvalue weighted by Crippen LogP contribution is -2.16. The molecule has 2 heterocycles. The maximum Gasteiger partial charge on any atom is 0.307 e. The highest BCUT2D eigenvalue weighted by atomic mass is 16.6. The third kappa shape index (κ3) is 4.77. The largest absolute Gasteiger partial charge is 0.451 e. The fourth-order valence-corrected chi connectivity index (χ4v) is 4.64. The van der Waals surface area contributed by atoms with Crippen molar-refractivity contribution in [2.24, 2.45) is 5.10 Å². The molecule has 0 unspecified atom stereocenters. The van der Waals surface area contributed by atoms with Crippen molar-refractivity contribution in [3.8, 4) is 28.2 Å². The summed E-state index contributed by atoms with van der Waals surface area (Å²) in [6, 6.07) is 37.1. The summed E-state index contributed by atoms with van der Waals surface area (Å²) in [7, 11) is 0. The van der Waals surface area contributed by atoms with Crippen molar-refractivity contribution in [3.63, 3.8) is 0 Å². The predicted molar refractivity (Wildman–Crippen MR) is 155 cm³/mol. The number of amides is 1. The Labute approximate surface area is 229 Å². The molecule has 0 atom stereocenters. The summed E-state index contributed by atoms with van der Waals surface area (Å²) in [5.41, 5.74) is 8.22. The highest BCUT2D eigenvalue weighted by Crippen LogP contribution is 2.35. The normalized spacial score (nSPS) is 11.2. The van der Waals surface area contributed by atoms with E-state index in [9.17, 15) is 14.9 Å². The van der Waals surface area contributed by atoms with Gasteiger partial charge in [-0.05, 0) is 41.5 Å². The van der Waals surface area contributed by atoms with E-state index in [0.717, 1.165) is 39.2 Å². The number of carbonyl (C=O) groups excluding carboxylic acids is 1. The Morgan fingerprint density at radius 3 is 2.15 bits per heavy atom. The molecule has 40 heavy (non-hydrogen) atoms. The summed E-state index contributed by atoms with van der Waals surface area (Å²) in [6.07, 6.45) is 1.59. The fraction of sp³-hybridized carbons (Fsp3) is 0. The predicted octanol–water partition coefficient (Wildman–Crippen LogP) is 7.23. The van der Waals surface area contributed by atoms with Gasteiger partial charge in [0.15, 0.2) is 5.76 Å². The number of nitro benzene ring substituents is 1. The van der Waals surface area contributed by atoms with Crippen molar-refractivity contribution in [3.05, 3.63) is 143 Å². The van der Waals surface area contributed by atoms with Crippen molar-refractivity contribution in [1.29, 1.82) is 0 Å². The summed E-state index contributed by atoms with van der Waals surface area (Å²) in [4.78, 5) is 23.7. The van der Waals surface area contributed by atoms with E-state index in [0.29, 0.717) is 5.58 Å². The fourth-order valence-electron chi connectivity index (χ4n) is 4.64. The van der Waals surface area contributed by atoms with Gasteiger partial charge in [0.25, 0.3) is 5.69 Å². The summed E-state index contributed by atoms with van der Waals surface area (Å²) in [5.74, 6) is -0.304. The van der Waals surface area contributed by atoms with Crippen LogP contribution in [0.1, 0.15) is 16.1 Å². The summed E-state index contributed by atoms with van der Waals surface area (Å²) in [6.45, 7) is 0. The van der Waals surface area contributed by atoms with Crippen LogP contribution in [-0.2, 0) is 0 Å². The second-order valence-electron chi connectivity index (χ2n) is 9.02. The number of nitrogens with one attached hydrogen (secondary N) is 1. The first-order chi connectivity index (χ1) is 19.6. The van der Waals surface area contributed by atoms with E-state index < -0.39 is 10.8 Å². The highest BCUT2D eigenvalue weighted by Gasteiger charge is 2.20. The van der Waals surface area contributed by atoms with Crippen LogP contribution in [0.3, 0.4) is 0 Å². The van der Waals surface area contributed by atoms with Crippen LogP contribution in [0.5, 0.6) is 0 Å². The Morgan fingerprint density at radius 2 is 1.48 bits per heavy atom. The molecule has 0 fully saturated rings. The van der Waals surface area contributed by atoms with Gasteiger partial charge < -0.3 is 8.98 Å². The van der Waals surface area contributed by atoms with E-state index >= 15 is 0 Å². The monoisotopic (exact) mass is 526 g/mol. The molecule has 0 spiro atoms. The Kier molecular flexibility index (Phi) is 6.48. The van der Waals surface area contributed by atoms with Crippen molar-refractivity contribution in [1.82, 2.24) is 9.99 Å². The van der Waals surface area contributed by atoms with E-state index in [4.69, 9.17) is 4.42 Å². The van der Waals surface area contributed by atoms with Crippen LogP contribution in [-0.4, -0.2) is 21.6 Å². The number of fused-ring (bicyclic) bond motifs is 1. The van der Waals surface area contributed by atoms with E-state index in [1.54, 1.807) is 30.5 Å².